The van der Waals surface area contributed by atoms with E-state index in [1.165, 1.54) is 5.56 Å². The fourth-order valence-electron chi connectivity index (χ4n) is 4.35. The first-order valence-corrected chi connectivity index (χ1v) is 12.2. The van der Waals surface area contributed by atoms with Gasteiger partial charge in [-0.15, -0.1) is 0 Å². The van der Waals surface area contributed by atoms with E-state index in [0.29, 0.717) is 23.5 Å². The molecule has 0 aliphatic carbocycles. The highest BCUT2D eigenvalue weighted by Gasteiger charge is 2.19. The number of aromatic amines is 1. The number of para-hydroxylation sites is 2. The summed E-state index contributed by atoms with van der Waals surface area (Å²) in [5, 5.41) is 3.93. The maximum Gasteiger partial charge on any atom is 0.322 e. The highest BCUT2D eigenvalue weighted by Crippen LogP contribution is 2.24. The number of rotatable bonds is 9. The Bertz CT molecular complexity index is 1200. The summed E-state index contributed by atoms with van der Waals surface area (Å²) in [5.74, 6) is 0.588. The molecule has 0 radical (unpaired) electrons. The third-order valence-electron chi connectivity index (χ3n) is 6.40. The summed E-state index contributed by atoms with van der Waals surface area (Å²) < 4.78 is 10.8. The minimum Gasteiger partial charge on any atom is -0.495 e. The molecule has 0 saturated carbocycles. The van der Waals surface area contributed by atoms with E-state index in [2.05, 4.69) is 28.2 Å². The van der Waals surface area contributed by atoms with Gasteiger partial charge in [-0.1, -0.05) is 25.1 Å². The Morgan fingerprint density at radius 3 is 2.74 bits per heavy atom. The molecule has 3 aromatic rings. The molecule has 0 atom stereocenters. The number of carbonyl (C=O) groups is 1. The van der Waals surface area contributed by atoms with E-state index in [0.717, 1.165) is 56.6 Å². The Hall–Kier alpha value is -3.36. The highest BCUT2D eigenvalue weighted by molar-refractivity contribution is 5.91. The fourth-order valence-corrected chi connectivity index (χ4v) is 4.35. The van der Waals surface area contributed by atoms with Crippen molar-refractivity contribution in [2.24, 2.45) is 0 Å². The molecule has 0 unspecified atom stereocenters. The minimum atomic E-state index is -0.265. The fraction of sp³-hybridized carbons (Fsp3) is 0.407. The molecule has 1 fully saturated rings. The molecule has 2 aromatic carbocycles. The molecule has 2 N–H and O–H groups in total. The lowest BCUT2D eigenvalue weighted by Gasteiger charge is -2.28. The number of H-pyrrole nitrogens is 1. The van der Waals surface area contributed by atoms with Crippen LogP contribution < -0.4 is 15.6 Å². The van der Waals surface area contributed by atoms with E-state index in [1.807, 2.05) is 30.3 Å². The van der Waals surface area contributed by atoms with E-state index >= 15 is 0 Å². The number of hydrogen-bond acceptors (Lipinski definition) is 5. The van der Waals surface area contributed by atoms with Gasteiger partial charge in [0.25, 0.3) is 5.56 Å². The van der Waals surface area contributed by atoms with Gasteiger partial charge in [0.2, 0.25) is 0 Å². The summed E-state index contributed by atoms with van der Waals surface area (Å²) in [6, 6.07) is 15.0. The Labute approximate surface area is 205 Å². The second-order valence-corrected chi connectivity index (χ2v) is 8.76. The number of methoxy groups -OCH3 is 1. The summed E-state index contributed by atoms with van der Waals surface area (Å²) in [4.78, 5) is 33.2. The molecular weight excluding hydrogens is 444 g/mol. The molecule has 35 heavy (non-hydrogen) atoms. The Morgan fingerprint density at radius 1 is 1.17 bits per heavy atom. The van der Waals surface area contributed by atoms with Crippen LogP contribution in [0, 0.1) is 0 Å². The van der Waals surface area contributed by atoms with Crippen molar-refractivity contribution in [3.8, 4) is 5.75 Å². The zero-order valence-electron chi connectivity index (χ0n) is 20.5. The van der Waals surface area contributed by atoms with E-state index in [-0.39, 0.29) is 18.1 Å². The van der Waals surface area contributed by atoms with Gasteiger partial charge in [-0.05, 0) is 54.1 Å². The maximum absolute atomic E-state index is 13.4. The van der Waals surface area contributed by atoms with Crippen molar-refractivity contribution in [1.82, 2.24) is 14.8 Å². The molecule has 8 nitrogen and oxygen atoms in total. The molecule has 0 bridgehead atoms. The third kappa shape index (κ3) is 6.41. The highest BCUT2D eigenvalue weighted by atomic mass is 16.5. The van der Waals surface area contributed by atoms with Crippen LogP contribution in [0.3, 0.4) is 0 Å². The smallest absolute Gasteiger partial charge is 0.322 e. The average Bonchev–Trinajstić information content (AvgIpc) is 2.89. The van der Waals surface area contributed by atoms with E-state index < -0.39 is 0 Å². The van der Waals surface area contributed by atoms with Gasteiger partial charge >= 0.3 is 6.03 Å². The van der Waals surface area contributed by atoms with Crippen molar-refractivity contribution in [1.29, 1.82) is 0 Å². The lowest BCUT2D eigenvalue weighted by molar-refractivity contribution is 0.0365. The molecule has 1 aliphatic rings. The van der Waals surface area contributed by atoms with Crippen molar-refractivity contribution in [2.75, 3.05) is 51.8 Å². The molecule has 8 heteroatoms. The van der Waals surface area contributed by atoms with Gasteiger partial charge in [0.1, 0.15) is 5.75 Å². The van der Waals surface area contributed by atoms with Gasteiger partial charge in [0.05, 0.1) is 32.6 Å². The van der Waals surface area contributed by atoms with Crippen LogP contribution in [-0.4, -0.2) is 67.3 Å². The van der Waals surface area contributed by atoms with Crippen LogP contribution in [0.15, 0.2) is 53.3 Å². The Morgan fingerprint density at radius 2 is 1.97 bits per heavy atom. The van der Waals surface area contributed by atoms with E-state index in [4.69, 9.17) is 9.47 Å². The topological polar surface area (TPSA) is 86.9 Å². The lowest BCUT2D eigenvalue weighted by Crippen LogP contribution is -2.40. The third-order valence-corrected chi connectivity index (χ3v) is 6.40. The van der Waals surface area contributed by atoms with Crippen LogP contribution in [0.4, 0.5) is 10.5 Å². The number of hydrogen-bond donors (Lipinski definition) is 2. The molecule has 1 saturated heterocycles. The van der Waals surface area contributed by atoms with Crippen molar-refractivity contribution in [3.63, 3.8) is 0 Å². The van der Waals surface area contributed by atoms with E-state index in [9.17, 15) is 9.59 Å². The molecule has 1 aliphatic heterocycles. The summed E-state index contributed by atoms with van der Waals surface area (Å²) in [6.45, 7) is 6.99. The van der Waals surface area contributed by atoms with Gasteiger partial charge in [-0.3, -0.25) is 9.69 Å². The molecule has 2 heterocycles. The number of nitrogens with one attached hydrogen (secondary N) is 2. The molecule has 2 amide bonds. The molecule has 0 spiro atoms. The number of nitrogens with zero attached hydrogens (tertiary/aromatic N) is 2. The predicted octanol–water partition coefficient (Wildman–Crippen LogP) is 3.86. The largest absolute Gasteiger partial charge is 0.495 e. The summed E-state index contributed by atoms with van der Waals surface area (Å²) in [5.41, 5.74) is 2.98. The summed E-state index contributed by atoms with van der Waals surface area (Å²) in [7, 11) is 1.57. The number of carbonyl (C=O) groups excluding carboxylic acids is 1. The average molecular weight is 479 g/mol. The van der Waals surface area contributed by atoms with Crippen molar-refractivity contribution in [3.05, 3.63) is 70.0 Å². The van der Waals surface area contributed by atoms with Crippen molar-refractivity contribution >= 4 is 22.6 Å². The molecule has 186 valence electrons. The molecule has 1 aromatic heterocycles. The van der Waals surface area contributed by atoms with Gasteiger partial charge in [-0.2, -0.15) is 0 Å². The standard InChI is InChI=1S/C27H34N4O4/c1-3-20-9-10-23-21(17-20)18-22(26(32)28-23)19-31(12-6-11-30-13-15-35-16-14-30)27(33)29-24-7-4-5-8-25(24)34-2/h4-5,7-10,17-18H,3,6,11-16,19H2,1-2H3,(H,28,32)(H,29,33). The summed E-state index contributed by atoms with van der Waals surface area (Å²) in [6.07, 6.45) is 1.71. The predicted molar refractivity (Wildman–Crippen MR) is 138 cm³/mol. The first-order chi connectivity index (χ1) is 17.1. The van der Waals surface area contributed by atoms with Crippen LogP contribution >= 0.6 is 0 Å². The quantitative estimate of drug-likeness (QED) is 0.488. The van der Waals surface area contributed by atoms with Crippen molar-refractivity contribution in [2.45, 2.75) is 26.3 Å². The zero-order valence-corrected chi connectivity index (χ0v) is 20.5. The van der Waals surface area contributed by atoms with Gasteiger partial charge in [-0.25, -0.2) is 4.79 Å². The Balaban J connectivity index is 1.54. The molecular formula is C27H34N4O4. The van der Waals surface area contributed by atoms with Crippen LogP contribution in [0.2, 0.25) is 0 Å². The molecule has 4 rings (SSSR count). The zero-order chi connectivity index (χ0) is 24.6. The number of ether oxygens (including phenoxy) is 2. The normalized spacial score (nSPS) is 14.1. The van der Waals surface area contributed by atoms with Crippen molar-refractivity contribution < 1.29 is 14.3 Å². The number of morpholine rings is 1. The van der Waals surface area contributed by atoms with Crippen LogP contribution in [0.5, 0.6) is 5.75 Å². The Kier molecular flexibility index (Phi) is 8.39. The monoisotopic (exact) mass is 478 g/mol. The number of urea groups is 1. The van der Waals surface area contributed by atoms with Crippen LogP contribution in [-0.2, 0) is 17.7 Å². The number of anilines is 1. The number of aryl methyl sites for hydroxylation is 1. The van der Waals surface area contributed by atoms with Crippen LogP contribution in [0.1, 0.15) is 24.5 Å². The number of benzene rings is 2. The first kappa shape index (κ1) is 24.8. The lowest BCUT2D eigenvalue weighted by atomic mass is 10.1. The summed E-state index contributed by atoms with van der Waals surface area (Å²) >= 11 is 0. The first-order valence-electron chi connectivity index (χ1n) is 12.2. The second-order valence-electron chi connectivity index (χ2n) is 8.76. The van der Waals surface area contributed by atoms with Gasteiger partial charge in [0.15, 0.2) is 0 Å². The minimum absolute atomic E-state index is 0.176. The maximum atomic E-state index is 13.4. The van der Waals surface area contributed by atoms with E-state index in [1.54, 1.807) is 24.1 Å². The number of aromatic nitrogens is 1. The van der Waals surface area contributed by atoms with Crippen LogP contribution in [0.25, 0.3) is 10.9 Å². The second kappa shape index (κ2) is 11.9. The number of pyridine rings is 1. The van der Waals surface area contributed by atoms with Gasteiger partial charge < -0.3 is 24.7 Å². The SMILES string of the molecule is CCc1ccc2[nH]c(=O)c(CN(CCCN3CCOCC3)C(=O)Nc3ccccc3OC)cc2c1. The number of fused-ring (bicyclic) bond motifs is 1. The van der Waals surface area contributed by atoms with Gasteiger partial charge in [0, 0.05) is 37.3 Å². The number of amides is 2.